The molecule has 1 unspecified atom stereocenters. The van der Waals surface area contributed by atoms with Crippen LogP contribution in [-0.2, 0) is 16.0 Å². The van der Waals surface area contributed by atoms with Crippen molar-refractivity contribution in [3.05, 3.63) is 35.4 Å². The normalized spacial score (nSPS) is 12.5. The van der Waals surface area contributed by atoms with Gasteiger partial charge in [-0.2, -0.15) is 0 Å². The number of esters is 1. The van der Waals surface area contributed by atoms with Crippen molar-refractivity contribution in [2.75, 3.05) is 7.11 Å². The molecule has 2 heteroatoms. The van der Waals surface area contributed by atoms with Gasteiger partial charge in [0.25, 0.3) is 0 Å². The van der Waals surface area contributed by atoms with Gasteiger partial charge in [0.2, 0.25) is 0 Å². The molecule has 0 radical (unpaired) electrons. The highest BCUT2D eigenvalue weighted by Crippen LogP contribution is 2.17. The average molecular weight is 234 g/mol. The van der Waals surface area contributed by atoms with Gasteiger partial charge in [0.05, 0.1) is 7.11 Å². The molecule has 0 aromatic heterocycles. The van der Waals surface area contributed by atoms with Crippen LogP contribution in [0.15, 0.2) is 24.3 Å². The molecule has 0 saturated carbocycles. The van der Waals surface area contributed by atoms with Crippen LogP contribution >= 0.6 is 0 Å². The van der Waals surface area contributed by atoms with E-state index in [9.17, 15) is 4.79 Å². The Hall–Kier alpha value is -1.31. The summed E-state index contributed by atoms with van der Waals surface area (Å²) in [6.45, 7) is 6.46. The zero-order chi connectivity index (χ0) is 12.8. The van der Waals surface area contributed by atoms with E-state index in [0.717, 1.165) is 6.42 Å². The highest BCUT2D eigenvalue weighted by atomic mass is 16.5. The van der Waals surface area contributed by atoms with Crippen LogP contribution < -0.4 is 0 Å². The van der Waals surface area contributed by atoms with Crippen LogP contribution in [0, 0.1) is 5.92 Å². The van der Waals surface area contributed by atoms with Crippen LogP contribution in [0.25, 0.3) is 0 Å². The Kier molecular flexibility index (Phi) is 5.20. The van der Waals surface area contributed by atoms with Crippen LogP contribution in [0.2, 0.25) is 0 Å². The minimum atomic E-state index is -0.128. The maximum absolute atomic E-state index is 11.1. The van der Waals surface area contributed by atoms with Crippen molar-refractivity contribution in [1.82, 2.24) is 0 Å². The van der Waals surface area contributed by atoms with E-state index in [1.807, 2.05) is 0 Å². The molecule has 0 N–H and O–H groups in total. The van der Waals surface area contributed by atoms with E-state index in [4.69, 9.17) is 0 Å². The molecule has 0 aliphatic rings. The fourth-order valence-corrected chi connectivity index (χ4v) is 1.88. The van der Waals surface area contributed by atoms with Gasteiger partial charge in [0.15, 0.2) is 0 Å². The first-order valence-electron chi connectivity index (χ1n) is 6.18. The van der Waals surface area contributed by atoms with Gasteiger partial charge in [-0.05, 0) is 29.4 Å². The van der Waals surface area contributed by atoms with E-state index in [2.05, 4.69) is 49.8 Å². The fourth-order valence-electron chi connectivity index (χ4n) is 1.88. The Morgan fingerprint density at radius 3 is 2.24 bits per heavy atom. The third kappa shape index (κ3) is 4.59. The van der Waals surface area contributed by atoms with E-state index in [0.29, 0.717) is 18.3 Å². The summed E-state index contributed by atoms with van der Waals surface area (Å²) < 4.78 is 4.67. The molecule has 0 bridgehead atoms. The van der Waals surface area contributed by atoms with Gasteiger partial charge in [-0.25, -0.2) is 0 Å². The second kappa shape index (κ2) is 6.43. The Bertz CT molecular complexity index is 352. The smallest absolute Gasteiger partial charge is 0.305 e. The topological polar surface area (TPSA) is 26.3 Å². The van der Waals surface area contributed by atoms with Gasteiger partial charge < -0.3 is 4.74 Å². The summed E-state index contributed by atoms with van der Waals surface area (Å²) in [5, 5.41) is 0. The number of ether oxygens (including phenoxy) is 1. The third-order valence-electron chi connectivity index (χ3n) is 2.97. The average Bonchev–Trinajstić information content (AvgIpc) is 2.29. The number of carbonyl (C=O) groups excluding carboxylic acids is 1. The predicted octanol–water partition coefficient (Wildman–Crippen LogP) is 3.55. The van der Waals surface area contributed by atoms with Crippen molar-refractivity contribution in [3.63, 3.8) is 0 Å². The summed E-state index contributed by atoms with van der Waals surface area (Å²) in [7, 11) is 1.44. The zero-order valence-electron chi connectivity index (χ0n) is 11.2. The number of hydrogen-bond donors (Lipinski definition) is 0. The maximum atomic E-state index is 11.1. The molecule has 0 aliphatic carbocycles. The van der Waals surface area contributed by atoms with Crippen LogP contribution in [0.3, 0.4) is 0 Å². The van der Waals surface area contributed by atoms with Gasteiger partial charge in [-0.3, -0.25) is 4.79 Å². The molecule has 1 aromatic carbocycles. The van der Waals surface area contributed by atoms with Crippen LogP contribution in [0.1, 0.15) is 44.2 Å². The molecule has 17 heavy (non-hydrogen) atoms. The lowest BCUT2D eigenvalue weighted by atomic mass is 9.95. The number of rotatable bonds is 5. The highest BCUT2D eigenvalue weighted by Gasteiger charge is 2.10. The number of carbonyl (C=O) groups is 1. The SMILES string of the molecule is COC(=O)CC(C)Cc1ccc(C(C)C)cc1. The van der Waals surface area contributed by atoms with E-state index in [1.165, 1.54) is 18.2 Å². The van der Waals surface area contributed by atoms with Crippen LogP contribution in [-0.4, -0.2) is 13.1 Å². The summed E-state index contributed by atoms with van der Waals surface area (Å²) in [6, 6.07) is 8.65. The third-order valence-corrected chi connectivity index (χ3v) is 2.97. The molecule has 0 heterocycles. The fraction of sp³-hybridized carbons (Fsp3) is 0.533. The summed E-state index contributed by atoms with van der Waals surface area (Å²) >= 11 is 0. The minimum Gasteiger partial charge on any atom is -0.469 e. The maximum Gasteiger partial charge on any atom is 0.305 e. The van der Waals surface area contributed by atoms with Crippen LogP contribution in [0.4, 0.5) is 0 Å². The molecule has 1 rings (SSSR count). The molecular weight excluding hydrogens is 212 g/mol. The first kappa shape index (κ1) is 13.8. The number of benzene rings is 1. The molecule has 0 fully saturated rings. The summed E-state index contributed by atoms with van der Waals surface area (Å²) in [5.41, 5.74) is 2.64. The van der Waals surface area contributed by atoms with E-state index in [1.54, 1.807) is 0 Å². The second-order valence-electron chi connectivity index (χ2n) is 4.99. The molecule has 0 saturated heterocycles. The molecule has 0 aliphatic heterocycles. The first-order chi connectivity index (χ1) is 8.02. The monoisotopic (exact) mass is 234 g/mol. The molecular formula is C15H22O2. The Labute approximate surface area is 104 Å². The summed E-state index contributed by atoms with van der Waals surface area (Å²) in [4.78, 5) is 11.1. The minimum absolute atomic E-state index is 0.128. The standard InChI is InChI=1S/C15H22O2/c1-11(2)14-7-5-13(6-8-14)9-12(3)10-15(16)17-4/h5-8,11-12H,9-10H2,1-4H3. The molecule has 0 amide bonds. The van der Waals surface area contributed by atoms with Crippen molar-refractivity contribution in [2.45, 2.75) is 39.5 Å². The molecule has 1 aromatic rings. The van der Waals surface area contributed by atoms with Crippen molar-refractivity contribution in [1.29, 1.82) is 0 Å². The van der Waals surface area contributed by atoms with Crippen molar-refractivity contribution < 1.29 is 9.53 Å². The second-order valence-corrected chi connectivity index (χ2v) is 4.99. The van der Waals surface area contributed by atoms with Crippen molar-refractivity contribution in [3.8, 4) is 0 Å². The van der Waals surface area contributed by atoms with Crippen molar-refractivity contribution >= 4 is 5.97 Å². The Balaban J connectivity index is 2.54. The zero-order valence-corrected chi connectivity index (χ0v) is 11.2. The van der Waals surface area contributed by atoms with E-state index < -0.39 is 0 Å². The Morgan fingerprint density at radius 2 is 1.76 bits per heavy atom. The number of methoxy groups -OCH3 is 1. The highest BCUT2D eigenvalue weighted by molar-refractivity contribution is 5.69. The molecule has 0 spiro atoms. The lowest BCUT2D eigenvalue weighted by Gasteiger charge is -2.11. The lowest BCUT2D eigenvalue weighted by Crippen LogP contribution is -2.09. The van der Waals surface area contributed by atoms with Crippen molar-refractivity contribution in [2.24, 2.45) is 5.92 Å². The lowest BCUT2D eigenvalue weighted by molar-refractivity contribution is -0.141. The van der Waals surface area contributed by atoms with E-state index >= 15 is 0 Å². The molecule has 94 valence electrons. The predicted molar refractivity (Wildman–Crippen MR) is 70.0 cm³/mol. The summed E-state index contributed by atoms with van der Waals surface area (Å²) in [5.74, 6) is 0.764. The number of hydrogen-bond acceptors (Lipinski definition) is 2. The molecule has 2 nitrogen and oxygen atoms in total. The molecule has 1 atom stereocenters. The van der Waals surface area contributed by atoms with Gasteiger partial charge in [0.1, 0.15) is 0 Å². The van der Waals surface area contributed by atoms with Crippen LogP contribution in [0.5, 0.6) is 0 Å². The van der Waals surface area contributed by atoms with E-state index in [-0.39, 0.29) is 5.97 Å². The van der Waals surface area contributed by atoms with Gasteiger partial charge in [-0.1, -0.05) is 45.0 Å². The Morgan fingerprint density at radius 1 is 1.18 bits per heavy atom. The van der Waals surface area contributed by atoms with Gasteiger partial charge >= 0.3 is 5.97 Å². The first-order valence-corrected chi connectivity index (χ1v) is 6.18. The largest absolute Gasteiger partial charge is 0.469 e. The van der Waals surface area contributed by atoms with Gasteiger partial charge in [0, 0.05) is 6.42 Å². The summed E-state index contributed by atoms with van der Waals surface area (Å²) in [6.07, 6.45) is 1.41. The quantitative estimate of drug-likeness (QED) is 0.728. The van der Waals surface area contributed by atoms with Gasteiger partial charge in [-0.15, -0.1) is 0 Å².